The summed E-state index contributed by atoms with van der Waals surface area (Å²) < 4.78 is 5.77. The van der Waals surface area contributed by atoms with E-state index in [0.717, 1.165) is 47.0 Å². The van der Waals surface area contributed by atoms with Crippen LogP contribution in [0.2, 0.25) is 0 Å². The summed E-state index contributed by atoms with van der Waals surface area (Å²) in [4.78, 5) is 9.79. The van der Waals surface area contributed by atoms with E-state index < -0.39 is 0 Å². The van der Waals surface area contributed by atoms with Crippen molar-refractivity contribution in [1.82, 2.24) is 10.3 Å². The average molecular weight is 434 g/mol. The summed E-state index contributed by atoms with van der Waals surface area (Å²) in [5.41, 5.74) is 5.25. The number of pyridine rings is 1. The van der Waals surface area contributed by atoms with Crippen LogP contribution in [0.3, 0.4) is 0 Å². The van der Waals surface area contributed by atoms with Gasteiger partial charge in [0.2, 0.25) is 0 Å². The third-order valence-corrected chi connectivity index (χ3v) is 6.26. The van der Waals surface area contributed by atoms with Gasteiger partial charge in [-0.25, -0.2) is 0 Å². The number of oxime groups is 1. The lowest BCUT2D eigenvalue weighted by molar-refractivity contribution is 0.107. The maximum absolute atomic E-state index is 5.77. The third-order valence-electron chi connectivity index (χ3n) is 5.09. The Hall–Kier alpha value is -2.83. The first-order chi connectivity index (χ1) is 15.3. The van der Waals surface area contributed by atoms with Crippen LogP contribution in [0.25, 0.3) is 11.1 Å². The molecule has 5 nitrogen and oxygen atoms in total. The van der Waals surface area contributed by atoms with Crippen LogP contribution in [0.4, 0.5) is 0 Å². The Kier molecular flexibility index (Phi) is 7.58. The normalized spacial score (nSPS) is 16.3. The highest BCUT2D eigenvalue weighted by Crippen LogP contribution is 2.21. The molecule has 160 valence electrons. The lowest BCUT2D eigenvalue weighted by atomic mass is 10.0. The van der Waals surface area contributed by atoms with E-state index in [1.54, 1.807) is 6.20 Å². The Balaban J connectivity index is 1.23. The van der Waals surface area contributed by atoms with Crippen LogP contribution in [-0.2, 0) is 11.3 Å². The molecule has 0 radical (unpaired) electrons. The molecule has 1 aromatic heterocycles. The maximum atomic E-state index is 5.77. The Labute approximate surface area is 187 Å². The van der Waals surface area contributed by atoms with Crippen molar-refractivity contribution in [3.63, 3.8) is 0 Å². The second kappa shape index (κ2) is 11.0. The van der Waals surface area contributed by atoms with Crippen molar-refractivity contribution < 1.29 is 9.57 Å². The number of hydrogen-bond acceptors (Lipinski definition) is 6. The molecule has 1 fully saturated rings. The van der Waals surface area contributed by atoms with Gasteiger partial charge < -0.3 is 14.9 Å². The number of benzene rings is 2. The fourth-order valence-corrected chi connectivity index (χ4v) is 4.41. The molecule has 1 atom stereocenters. The van der Waals surface area contributed by atoms with Gasteiger partial charge in [0.05, 0.1) is 5.71 Å². The number of nitrogens with one attached hydrogen (secondary N) is 1. The van der Waals surface area contributed by atoms with E-state index in [-0.39, 0.29) is 0 Å². The third kappa shape index (κ3) is 6.32. The summed E-state index contributed by atoms with van der Waals surface area (Å²) in [5, 5.41) is 8.27. The van der Waals surface area contributed by atoms with Crippen LogP contribution in [0.15, 0.2) is 78.2 Å². The first kappa shape index (κ1) is 21.4. The van der Waals surface area contributed by atoms with E-state index in [1.807, 2.05) is 55.2 Å². The van der Waals surface area contributed by atoms with Crippen molar-refractivity contribution in [3.05, 3.63) is 84.2 Å². The van der Waals surface area contributed by atoms with Gasteiger partial charge in [0.15, 0.2) is 6.61 Å². The van der Waals surface area contributed by atoms with Crippen molar-refractivity contribution in [2.45, 2.75) is 18.6 Å². The molecule has 0 saturated carbocycles. The Morgan fingerprint density at radius 1 is 1.06 bits per heavy atom. The molecule has 1 saturated heterocycles. The molecular weight excluding hydrogens is 406 g/mol. The number of nitrogens with zero attached hydrogens (tertiary/aromatic N) is 2. The number of hydrogen-bond donors (Lipinski definition) is 1. The molecule has 1 unspecified atom stereocenters. The van der Waals surface area contributed by atoms with E-state index in [0.29, 0.717) is 18.5 Å². The van der Waals surface area contributed by atoms with Gasteiger partial charge in [0, 0.05) is 41.2 Å². The molecule has 2 heterocycles. The number of rotatable bonds is 9. The summed E-state index contributed by atoms with van der Waals surface area (Å²) in [6.07, 6.45) is 4.75. The average Bonchev–Trinajstić information content (AvgIpc) is 3.33. The molecule has 0 amide bonds. The first-order valence-corrected chi connectivity index (χ1v) is 11.5. The lowest BCUT2D eigenvalue weighted by Gasteiger charge is -2.09. The Bertz CT molecular complexity index is 987. The minimum Gasteiger partial charge on any atom is -0.490 e. The predicted octanol–water partition coefficient (Wildman–Crippen LogP) is 4.77. The zero-order valence-electron chi connectivity index (χ0n) is 17.7. The number of thioether (sulfide) groups is 1. The molecule has 4 rings (SSSR count). The van der Waals surface area contributed by atoms with Crippen molar-refractivity contribution in [2.75, 3.05) is 25.6 Å². The first-order valence-electron chi connectivity index (χ1n) is 10.5. The quantitative estimate of drug-likeness (QED) is 0.299. The standard InChI is InChI=1S/C25H27N3O2S/c1-19(22-14-23(16-26-15-22)21-5-3-2-4-6-21)28-30-12-11-29-24-9-7-20(8-10-24)13-25-17-27-18-31-25/h2-10,14-16,25,27H,11-13,17-18H2,1H3. The van der Waals surface area contributed by atoms with Gasteiger partial charge in [-0.3, -0.25) is 4.98 Å². The van der Waals surface area contributed by atoms with Gasteiger partial charge >= 0.3 is 0 Å². The van der Waals surface area contributed by atoms with Crippen molar-refractivity contribution in [1.29, 1.82) is 0 Å². The van der Waals surface area contributed by atoms with Crippen molar-refractivity contribution >= 4 is 17.5 Å². The van der Waals surface area contributed by atoms with Crippen LogP contribution >= 0.6 is 11.8 Å². The molecule has 0 spiro atoms. The fourth-order valence-electron chi connectivity index (χ4n) is 3.39. The molecule has 3 aromatic rings. The van der Waals surface area contributed by atoms with Gasteiger partial charge in [-0.15, -0.1) is 11.8 Å². The molecule has 2 aromatic carbocycles. The summed E-state index contributed by atoms with van der Waals surface area (Å²) in [6, 6.07) is 20.6. The Morgan fingerprint density at radius 3 is 2.68 bits per heavy atom. The molecule has 0 aliphatic carbocycles. The van der Waals surface area contributed by atoms with E-state index >= 15 is 0 Å². The van der Waals surface area contributed by atoms with E-state index in [9.17, 15) is 0 Å². The van der Waals surface area contributed by atoms with Gasteiger partial charge in [-0.05, 0) is 42.7 Å². The largest absolute Gasteiger partial charge is 0.490 e. The smallest absolute Gasteiger partial charge is 0.151 e. The van der Waals surface area contributed by atoms with Gasteiger partial charge in [0.1, 0.15) is 12.4 Å². The lowest BCUT2D eigenvalue weighted by Crippen LogP contribution is -2.14. The van der Waals surface area contributed by atoms with Crippen LogP contribution in [0.5, 0.6) is 5.75 Å². The second-order valence-electron chi connectivity index (χ2n) is 7.42. The zero-order valence-corrected chi connectivity index (χ0v) is 18.5. The van der Waals surface area contributed by atoms with Gasteiger partial charge in [0.25, 0.3) is 0 Å². The van der Waals surface area contributed by atoms with E-state index in [1.165, 1.54) is 5.56 Å². The molecule has 1 aliphatic heterocycles. The monoisotopic (exact) mass is 433 g/mol. The van der Waals surface area contributed by atoms with Crippen LogP contribution in [0, 0.1) is 0 Å². The summed E-state index contributed by atoms with van der Waals surface area (Å²) >= 11 is 1.99. The fraction of sp³-hybridized carbons (Fsp3) is 0.280. The number of aromatic nitrogens is 1. The molecule has 1 N–H and O–H groups in total. The summed E-state index contributed by atoms with van der Waals surface area (Å²) in [5.74, 6) is 1.91. The van der Waals surface area contributed by atoms with Crippen LogP contribution in [0.1, 0.15) is 18.1 Å². The molecule has 31 heavy (non-hydrogen) atoms. The minimum atomic E-state index is 0.384. The highest BCUT2D eigenvalue weighted by atomic mass is 32.2. The molecular formula is C25H27N3O2S. The molecule has 0 bridgehead atoms. The molecule has 1 aliphatic rings. The topological polar surface area (TPSA) is 55.7 Å². The minimum absolute atomic E-state index is 0.384. The van der Waals surface area contributed by atoms with Crippen molar-refractivity contribution in [2.24, 2.45) is 5.16 Å². The second-order valence-corrected chi connectivity index (χ2v) is 8.71. The SMILES string of the molecule is CC(=NOCCOc1ccc(CC2CNCS2)cc1)c1cncc(-c2ccccc2)c1. The van der Waals surface area contributed by atoms with E-state index in [4.69, 9.17) is 9.57 Å². The zero-order chi connectivity index (χ0) is 21.3. The van der Waals surface area contributed by atoms with E-state index in [2.05, 4.69) is 45.8 Å². The molecule has 6 heteroatoms. The summed E-state index contributed by atoms with van der Waals surface area (Å²) in [6.45, 7) is 3.84. The van der Waals surface area contributed by atoms with Crippen LogP contribution < -0.4 is 10.1 Å². The maximum Gasteiger partial charge on any atom is 0.151 e. The Morgan fingerprint density at radius 2 is 1.90 bits per heavy atom. The predicted molar refractivity (Wildman–Crippen MR) is 128 cm³/mol. The summed E-state index contributed by atoms with van der Waals surface area (Å²) in [7, 11) is 0. The van der Waals surface area contributed by atoms with Gasteiger partial charge in [-0.2, -0.15) is 0 Å². The van der Waals surface area contributed by atoms with Gasteiger partial charge in [-0.1, -0.05) is 47.6 Å². The highest BCUT2D eigenvalue weighted by Gasteiger charge is 2.15. The number of ether oxygens (including phenoxy) is 1. The van der Waals surface area contributed by atoms with Crippen LogP contribution in [-0.4, -0.2) is 41.6 Å². The highest BCUT2D eigenvalue weighted by molar-refractivity contribution is 8.00. The van der Waals surface area contributed by atoms with Crippen molar-refractivity contribution in [3.8, 4) is 16.9 Å².